The van der Waals surface area contributed by atoms with Crippen molar-refractivity contribution in [1.29, 1.82) is 0 Å². The Hall–Kier alpha value is -2.70. The van der Waals surface area contributed by atoms with E-state index in [-0.39, 0.29) is 5.91 Å². The summed E-state index contributed by atoms with van der Waals surface area (Å²) in [6, 6.07) is 12.6. The van der Waals surface area contributed by atoms with Gasteiger partial charge in [0.25, 0.3) is 0 Å². The van der Waals surface area contributed by atoms with Gasteiger partial charge in [0, 0.05) is 67.6 Å². The first-order valence-corrected chi connectivity index (χ1v) is 10.8. The van der Waals surface area contributed by atoms with Crippen molar-refractivity contribution < 1.29 is 9.53 Å². The quantitative estimate of drug-likeness (QED) is 0.726. The van der Waals surface area contributed by atoms with E-state index in [1.54, 1.807) is 0 Å². The summed E-state index contributed by atoms with van der Waals surface area (Å²) in [6.07, 6.45) is 7.16. The van der Waals surface area contributed by atoms with Gasteiger partial charge in [-0.05, 0) is 29.7 Å². The highest BCUT2D eigenvalue weighted by atomic mass is 16.5. The van der Waals surface area contributed by atoms with E-state index in [1.165, 1.54) is 5.56 Å². The van der Waals surface area contributed by atoms with E-state index in [0.29, 0.717) is 18.4 Å². The summed E-state index contributed by atoms with van der Waals surface area (Å²) in [5, 5.41) is 1.14. The number of H-pyrrole nitrogens is 1. The van der Waals surface area contributed by atoms with E-state index in [4.69, 9.17) is 4.74 Å². The molecule has 1 N–H and O–H groups in total. The number of carbonyl (C=O) groups excluding carboxylic acids is 1. The van der Waals surface area contributed by atoms with E-state index in [2.05, 4.69) is 38.0 Å². The van der Waals surface area contributed by atoms with Crippen LogP contribution in [0.2, 0.25) is 0 Å². The third kappa shape index (κ3) is 3.98. The number of aromatic nitrogens is 2. The van der Waals surface area contributed by atoms with Crippen molar-refractivity contribution in [3.8, 4) is 0 Å². The topological polar surface area (TPSA) is 61.5 Å². The predicted molar refractivity (Wildman–Crippen MR) is 116 cm³/mol. The Morgan fingerprint density at radius 1 is 1.20 bits per heavy atom. The van der Waals surface area contributed by atoms with Gasteiger partial charge in [0.1, 0.15) is 0 Å². The van der Waals surface area contributed by atoms with Crippen LogP contribution in [0.4, 0.5) is 0 Å². The maximum absolute atomic E-state index is 13.2. The van der Waals surface area contributed by atoms with Crippen LogP contribution < -0.4 is 0 Å². The summed E-state index contributed by atoms with van der Waals surface area (Å²) in [5.74, 6) is 0.686. The van der Waals surface area contributed by atoms with Gasteiger partial charge in [-0.1, -0.05) is 24.3 Å². The highest BCUT2D eigenvalue weighted by Crippen LogP contribution is 2.27. The molecular weight excluding hydrogens is 376 g/mol. The number of ether oxygens (including phenoxy) is 1. The molecule has 2 fully saturated rings. The maximum Gasteiger partial charge on any atom is 0.227 e. The summed E-state index contributed by atoms with van der Waals surface area (Å²) in [5.41, 5.74) is 3.37. The molecule has 2 aromatic heterocycles. The molecule has 3 aromatic rings. The average Bonchev–Trinajstić information content (AvgIpc) is 3.08. The third-order valence-electron chi connectivity index (χ3n) is 6.52. The van der Waals surface area contributed by atoms with Crippen LogP contribution in [0.25, 0.3) is 10.9 Å². The van der Waals surface area contributed by atoms with Crippen LogP contribution in [0.1, 0.15) is 17.5 Å². The minimum Gasteiger partial charge on any atom is -0.380 e. The lowest BCUT2D eigenvalue weighted by molar-refractivity contribution is -0.133. The number of hydrogen-bond donors (Lipinski definition) is 1. The van der Waals surface area contributed by atoms with Gasteiger partial charge in [-0.15, -0.1) is 0 Å². The van der Waals surface area contributed by atoms with Crippen molar-refractivity contribution in [3.05, 3.63) is 66.1 Å². The summed E-state index contributed by atoms with van der Waals surface area (Å²) in [4.78, 5) is 25.3. The monoisotopic (exact) mass is 404 g/mol. The van der Waals surface area contributed by atoms with E-state index in [0.717, 1.165) is 62.3 Å². The van der Waals surface area contributed by atoms with E-state index < -0.39 is 0 Å². The Morgan fingerprint density at radius 3 is 3.03 bits per heavy atom. The van der Waals surface area contributed by atoms with Crippen LogP contribution in [-0.2, 0) is 22.5 Å². The van der Waals surface area contributed by atoms with Crippen LogP contribution in [-0.4, -0.2) is 64.6 Å². The van der Waals surface area contributed by atoms with Crippen molar-refractivity contribution in [1.82, 2.24) is 19.8 Å². The molecule has 0 spiro atoms. The van der Waals surface area contributed by atoms with Crippen molar-refractivity contribution >= 4 is 16.8 Å². The molecule has 2 aliphatic rings. The molecule has 4 heterocycles. The molecule has 30 heavy (non-hydrogen) atoms. The lowest BCUT2D eigenvalue weighted by atomic mass is 9.90. The molecular formula is C24H28N4O2. The number of nitrogens with zero attached hydrogens (tertiary/aromatic N) is 3. The highest BCUT2D eigenvalue weighted by Gasteiger charge is 2.36. The van der Waals surface area contributed by atoms with Gasteiger partial charge in [0.05, 0.1) is 19.6 Å². The second kappa shape index (κ2) is 8.58. The largest absolute Gasteiger partial charge is 0.380 e. The number of likely N-dealkylation sites (tertiary alicyclic amines) is 1. The molecule has 2 aliphatic heterocycles. The first kappa shape index (κ1) is 19.3. The molecule has 6 heteroatoms. The van der Waals surface area contributed by atoms with Crippen LogP contribution in [0, 0.1) is 5.92 Å². The minimum atomic E-state index is 0.213. The summed E-state index contributed by atoms with van der Waals surface area (Å²) < 4.78 is 5.90. The van der Waals surface area contributed by atoms with Crippen LogP contribution in [0.3, 0.4) is 0 Å². The second-order valence-electron chi connectivity index (χ2n) is 8.40. The molecule has 5 rings (SSSR count). The van der Waals surface area contributed by atoms with Gasteiger partial charge in [0.2, 0.25) is 5.91 Å². The second-order valence-corrected chi connectivity index (χ2v) is 8.40. The molecule has 156 valence electrons. The Kier molecular flexibility index (Phi) is 5.51. The van der Waals surface area contributed by atoms with Crippen molar-refractivity contribution in [2.24, 2.45) is 5.92 Å². The first-order valence-electron chi connectivity index (χ1n) is 10.8. The number of nitrogens with one attached hydrogen (secondary N) is 1. The number of hydrogen-bond acceptors (Lipinski definition) is 4. The van der Waals surface area contributed by atoms with Crippen molar-refractivity contribution in [2.75, 3.05) is 32.8 Å². The smallest absolute Gasteiger partial charge is 0.227 e. The molecule has 1 amide bonds. The number of fused-ring (bicyclic) bond motifs is 2. The molecule has 1 aromatic carbocycles. The van der Waals surface area contributed by atoms with Gasteiger partial charge in [-0.2, -0.15) is 0 Å². The van der Waals surface area contributed by atoms with Crippen LogP contribution in [0.5, 0.6) is 0 Å². The van der Waals surface area contributed by atoms with Gasteiger partial charge in [0.15, 0.2) is 0 Å². The number of carbonyl (C=O) groups is 1. The first-order chi connectivity index (χ1) is 14.8. The molecule has 0 radical (unpaired) electrons. The number of amides is 1. The number of aromatic amines is 1. The number of benzene rings is 1. The Balaban J connectivity index is 1.30. The van der Waals surface area contributed by atoms with Crippen molar-refractivity contribution in [3.63, 3.8) is 0 Å². The van der Waals surface area contributed by atoms with Gasteiger partial charge in [-0.25, -0.2) is 0 Å². The number of para-hydroxylation sites is 1. The SMILES string of the molecule is O=C(Cc1c[nH]c2ccccc12)N1CC[C@@H]2COCCN(Cc3cccnc3)[C@@H]2C1. The Labute approximate surface area is 176 Å². The Morgan fingerprint density at radius 2 is 2.13 bits per heavy atom. The molecule has 2 saturated heterocycles. The number of rotatable bonds is 4. The summed E-state index contributed by atoms with van der Waals surface area (Å²) in [6.45, 7) is 4.86. The highest BCUT2D eigenvalue weighted by molar-refractivity contribution is 5.88. The zero-order chi connectivity index (χ0) is 20.3. The zero-order valence-electron chi connectivity index (χ0n) is 17.2. The fourth-order valence-corrected chi connectivity index (χ4v) is 4.87. The maximum atomic E-state index is 13.2. The lowest BCUT2D eigenvalue weighted by Crippen LogP contribution is -2.54. The van der Waals surface area contributed by atoms with Crippen molar-refractivity contribution in [2.45, 2.75) is 25.4 Å². The van der Waals surface area contributed by atoms with E-state index in [1.807, 2.05) is 36.8 Å². The van der Waals surface area contributed by atoms with Gasteiger partial charge in [-0.3, -0.25) is 14.7 Å². The molecule has 0 unspecified atom stereocenters. The molecule has 0 aliphatic carbocycles. The van der Waals surface area contributed by atoms with Gasteiger partial charge >= 0.3 is 0 Å². The standard InChI is InChI=1S/C24H28N4O2/c29-24(12-20-14-26-22-6-2-1-5-21(20)22)28-9-7-19-17-30-11-10-27(23(19)16-28)15-18-4-3-8-25-13-18/h1-6,8,13-14,19,23,26H,7,9-12,15-17H2/t19-,23-/m1/s1. The van der Waals surface area contributed by atoms with E-state index >= 15 is 0 Å². The van der Waals surface area contributed by atoms with Gasteiger partial charge < -0.3 is 14.6 Å². The number of piperidine rings is 1. The van der Waals surface area contributed by atoms with Crippen LogP contribution >= 0.6 is 0 Å². The number of pyridine rings is 1. The summed E-state index contributed by atoms with van der Waals surface area (Å²) in [7, 11) is 0. The molecule has 0 saturated carbocycles. The predicted octanol–water partition coefficient (Wildman–Crippen LogP) is 2.85. The fraction of sp³-hybridized carbons (Fsp3) is 0.417. The fourth-order valence-electron chi connectivity index (χ4n) is 4.87. The normalized spacial score (nSPS) is 22.6. The third-order valence-corrected chi connectivity index (χ3v) is 6.52. The molecule has 2 atom stereocenters. The minimum absolute atomic E-state index is 0.213. The average molecular weight is 405 g/mol. The Bertz CT molecular complexity index is 1000. The zero-order valence-corrected chi connectivity index (χ0v) is 17.2. The summed E-state index contributed by atoms with van der Waals surface area (Å²) >= 11 is 0. The van der Waals surface area contributed by atoms with E-state index in [9.17, 15) is 4.79 Å². The lowest BCUT2D eigenvalue weighted by Gasteiger charge is -2.42. The molecule has 0 bridgehead atoms. The van der Waals surface area contributed by atoms with Crippen LogP contribution in [0.15, 0.2) is 55.0 Å². The molecule has 6 nitrogen and oxygen atoms in total.